The number of nitrogens with zero attached hydrogens (tertiary/aromatic N) is 1. The number of hydrogen-bond donors (Lipinski definition) is 3. The highest BCUT2D eigenvalue weighted by molar-refractivity contribution is 5.97. The van der Waals surface area contributed by atoms with E-state index in [0.717, 1.165) is 19.5 Å². The Balaban J connectivity index is 2.20. The van der Waals surface area contributed by atoms with Crippen molar-refractivity contribution in [3.63, 3.8) is 0 Å². The molecule has 0 aromatic heterocycles. The van der Waals surface area contributed by atoms with E-state index in [1.54, 1.807) is 11.0 Å². The Morgan fingerprint density at radius 3 is 2.88 bits per heavy atom. The van der Waals surface area contributed by atoms with Crippen LogP contribution in [-0.2, 0) is 0 Å². The van der Waals surface area contributed by atoms with Gasteiger partial charge in [-0.3, -0.25) is 4.79 Å². The molecule has 1 aliphatic rings. The molecule has 1 fully saturated rings. The first-order chi connectivity index (χ1) is 8.20. The van der Waals surface area contributed by atoms with E-state index in [4.69, 9.17) is 0 Å². The number of para-hydroxylation sites is 1. The topological polar surface area (TPSA) is 72.8 Å². The first kappa shape index (κ1) is 11.7. The third kappa shape index (κ3) is 2.50. The van der Waals surface area contributed by atoms with Crippen LogP contribution in [0.25, 0.3) is 0 Å². The summed E-state index contributed by atoms with van der Waals surface area (Å²) in [4.78, 5) is 13.8. The Morgan fingerprint density at radius 1 is 1.24 bits per heavy atom. The van der Waals surface area contributed by atoms with Crippen molar-refractivity contribution in [2.75, 3.05) is 26.2 Å². The van der Waals surface area contributed by atoms with Crippen LogP contribution in [-0.4, -0.2) is 47.2 Å². The fourth-order valence-electron chi connectivity index (χ4n) is 1.92. The molecule has 0 spiro atoms. The molecular weight excluding hydrogens is 220 g/mol. The number of carbonyl (C=O) groups excluding carboxylic acids is 1. The lowest BCUT2D eigenvalue weighted by Gasteiger charge is -2.20. The highest BCUT2D eigenvalue weighted by Crippen LogP contribution is 2.29. The predicted octanol–water partition coefficient (Wildman–Crippen LogP) is 0.533. The highest BCUT2D eigenvalue weighted by Gasteiger charge is 2.21. The zero-order valence-electron chi connectivity index (χ0n) is 9.52. The Kier molecular flexibility index (Phi) is 3.49. The summed E-state index contributed by atoms with van der Waals surface area (Å²) in [6.45, 7) is 2.94. The van der Waals surface area contributed by atoms with Crippen LogP contribution in [0.4, 0.5) is 0 Å². The van der Waals surface area contributed by atoms with Crippen LogP contribution in [0.1, 0.15) is 16.8 Å². The Hall–Kier alpha value is -1.75. The molecule has 1 saturated heterocycles. The summed E-state index contributed by atoms with van der Waals surface area (Å²) in [6.07, 6.45) is 0.894. The van der Waals surface area contributed by atoms with Crippen LogP contribution >= 0.6 is 0 Å². The number of carbonyl (C=O) groups is 1. The van der Waals surface area contributed by atoms with E-state index in [-0.39, 0.29) is 23.0 Å². The lowest BCUT2D eigenvalue weighted by molar-refractivity contribution is 0.0762. The van der Waals surface area contributed by atoms with E-state index in [9.17, 15) is 15.0 Å². The minimum Gasteiger partial charge on any atom is -0.504 e. The summed E-state index contributed by atoms with van der Waals surface area (Å²) in [5, 5.41) is 22.2. The molecule has 92 valence electrons. The van der Waals surface area contributed by atoms with Gasteiger partial charge in [0, 0.05) is 19.6 Å². The molecule has 0 bridgehead atoms. The van der Waals surface area contributed by atoms with Gasteiger partial charge in [0.05, 0.1) is 5.56 Å². The molecule has 1 aliphatic heterocycles. The van der Waals surface area contributed by atoms with Gasteiger partial charge in [0.2, 0.25) is 0 Å². The van der Waals surface area contributed by atoms with Crippen molar-refractivity contribution in [1.82, 2.24) is 10.2 Å². The van der Waals surface area contributed by atoms with Crippen LogP contribution in [0.2, 0.25) is 0 Å². The number of hydrogen-bond acceptors (Lipinski definition) is 4. The number of aromatic hydroxyl groups is 2. The van der Waals surface area contributed by atoms with Crippen molar-refractivity contribution >= 4 is 5.91 Å². The van der Waals surface area contributed by atoms with Gasteiger partial charge < -0.3 is 20.4 Å². The number of rotatable bonds is 1. The van der Waals surface area contributed by atoms with Gasteiger partial charge in [0.1, 0.15) is 0 Å². The third-order valence-corrected chi connectivity index (χ3v) is 2.87. The minimum absolute atomic E-state index is 0.159. The predicted molar refractivity (Wildman–Crippen MR) is 63.2 cm³/mol. The largest absolute Gasteiger partial charge is 0.504 e. The summed E-state index contributed by atoms with van der Waals surface area (Å²) in [6, 6.07) is 4.43. The molecule has 5 heteroatoms. The van der Waals surface area contributed by atoms with Crippen molar-refractivity contribution in [3.8, 4) is 11.5 Å². The molecule has 0 saturated carbocycles. The molecule has 3 N–H and O–H groups in total. The van der Waals surface area contributed by atoms with Gasteiger partial charge in [-0.15, -0.1) is 0 Å². The molecule has 1 amide bonds. The number of phenols is 2. The van der Waals surface area contributed by atoms with Crippen molar-refractivity contribution in [2.24, 2.45) is 0 Å². The molecule has 0 atom stereocenters. The average Bonchev–Trinajstić information content (AvgIpc) is 2.60. The van der Waals surface area contributed by atoms with Gasteiger partial charge >= 0.3 is 0 Å². The van der Waals surface area contributed by atoms with E-state index in [0.29, 0.717) is 13.1 Å². The van der Waals surface area contributed by atoms with Crippen molar-refractivity contribution in [3.05, 3.63) is 23.8 Å². The molecule has 17 heavy (non-hydrogen) atoms. The second-order valence-electron chi connectivity index (χ2n) is 4.07. The monoisotopic (exact) mass is 236 g/mol. The van der Waals surface area contributed by atoms with Crippen LogP contribution in [0.5, 0.6) is 11.5 Å². The van der Waals surface area contributed by atoms with Gasteiger partial charge in [0.15, 0.2) is 11.5 Å². The average molecular weight is 236 g/mol. The normalized spacial score (nSPS) is 16.6. The quantitative estimate of drug-likeness (QED) is 0.622. The molecule has 2 rings (SSSR count). The maximum atomic E-state index is 12.2. The van der Waals surface area contributed by atoms with Gasteiger partial charge in [-0.05, 0) is 25.1 Å². The summed E-state index contributed by atoms with van der Waals surface area (Å²) in [7, 11) is 0. The van der Waals surface area contributed by atoms with E-state index in [1.165, 1.54) is 12.1 Å². The van der Waals surface area contributed by atoms with Gasteiger partial charge in [-0.25, -0.2) is 0 Å². The molecule has 1 aromatic rings. The molecule has 1 heterocycles. The zero-order chi connectivity index (χ0) is 12.3. The summed E-state index contributed by atoms with van der Waals surface area (Å²) in [5.74, 6) is -0.833. The van der Waals surface area contributed by atoms with Crippen LogP contribution < -0.4 is 5.32 Å². The lowest BCUT2D eigenvalue weighted by atomic mass is 10.1. The summed E-state index contributed by atoms with van der Waals surface area (Å²) in [5.41, 5.74) is 0.159. The van der Waals surface area contributed by atoms with E-state index in [2.05, 4.69) is 5.32 Å². The maximum Gasteiger partial charge on any atom is 0.257 e. The van der Waals surface area contributed by atoms with Gasteiger partial charge in [-0.2, -0.15) is 0 Å². The number of amides is 1. The first-order valence-corrected chi connectivity index (χ1v) is 5.71. The first-order valence-electron chi connectivity index (χ1n) is 5.71. The molecule has 0 radical (unpaired) electrons. The summed E-state index contributed by atoms with van der Waals surface area (Å²) >= 11 is 0. The van der Waals surface area contributed by atoms with E-state index in [1.807, 2.05) is 0 Å². The second kappa shape index (κ2) is 5.05. The Morgan fingerprint density at radius 2 is 2.06 bits per heavy atom. The van der Waals surface area contributed by atoms with Crippen LogP contribution in [0, 0.1) is 0 Å². The number of nitrogens with one attached hydrogen (secondary N) is 1. The SMILES string of the molecule is O=C(c1cccc(O)c1O)N1CCCNCC1. The lowest BCUT2D eigenvalue weighted by Crippen LogP contribution is -2.34. The number of phenolic OH excluding ortho intramolecular Hbond substituents is 2. The third-order valence-electron chi connectivity index (χ3n) is 2.87. The molecular formula is C12H16N2O3. The summed E-state index contributed by atoms with van der Waals surface area (Å²) < 4.78 is 0. The maximum absolute atomic E-state index is 12.2. The fourth-order valence-corrected chi connectivity index (χ4v) is 1.92. The van der Waals surface area contributed by atoms with Gasteiger partial charge in [-0.1, -0.05) is 6.07 Å². The van der Waals surface area contributed by atoms with Crippen LogP contribution in [0.3, 0.4) is 0 Å². The molecule has 5 nitrogen and oxygen atoms in total. The second-order valence-corrected chi connectivity index (χ2v) is 4.07. The van der Waals surface area contributed by atoms with E-state index < -0.39 is 0 Å². The minimum atomic E-state index is -0.338. The smallest absolute Gasteiger partial charge is 0.257 e. The Bertz CT molecular complexity index is 412. The van der Waals surface area contributed by atoms with Crippen molar-refractivity contribution in [2.45, 2.75) is 6.42 Å². The Labute approximate surface area is 99.7 Å². The molecule has 0 aliphatic carbocycles. The van der Waals surface area contributed by atoms with Crippen molar-refractivity contribution in [1.29, 1.82) is 0 Å². The highest BCUT2D eigenvalue weighted by atomic mass is 16.3. The molecule has 1 aromatic carbocycles. The van der Waals surface area contributed by atoms with Crippen LogP contribution in [0.15, 0.2) is 18.2 Å². The number of benzene rings is 1. The zero-order valence-corrected chi connectivity index (χ0v) is 9.52. The van der Waals surface area contributed by atoms with Gasteiger partial charge in [0.25, 0.3) is 5.91 Å². The molecule has 0 unspecified atom stereocenters. The van der Waals surface area contributed by atoms with Crippen molar-refractivity contribution < 1.29 is 15.0 Å². The van der Waals surface area contributed by atoms with E-state index >= 15 is 0 Å². The standard InChI is InChI=1S/C12H16N2O3/c15-10-4-1-3-9(11(10)16)12(17)14-7-2-5-13-6-8-14/h1,3-4,13,15-16H,2,5-8H2. The fraction of sp³-hybridized carbons (Fsp3) is 0.417.